The number of aliphatic hydroxyl groups excluding tert-OH is 1. The van der Waals surface area contributed by atoms with Crippen molar-refractivity contribution in [3.63, 3.8) is 0 Å². The van der Waals surface area contributed by atoms with Crippen LogP contribution in [0.4, 0.5) is 0 Å². The Morgan fingerprint density at radius 1 is 1.22 bits per heavy atom. The molecule has 3 atom stereocenters. The molecule has 0 amide bonds. The van der Waals surface area contributed by atoms with Crippen LogP contribution in [-0.2, 0) is 0 Å². The SMILES string of the molecule is CC1C2CN=CN1/C(=C\C(O)C1CCCCC1)c1ccccc12. The van der Waals surface area contributed by atoms with Gasteiger partial charge in [0.15, 0.2) is 0 Å². The van der Waals surface area contributed by atoms with Gasteiger partial charge in [-0.25, -0.2) is 0 Å². The van der Waals surface area contributed by atoms with E-state index in [1.807, 2.05) is 6.34 Å². The van der Waals surface area contributed by atoms with Crippen LogP contribution in [0.25, 0.3) is 5.70 Å². The molecule has 0 aromatic heterocycles. The number of aliphatic hydroxyl groups is 1. The molecule has 1 aromatic carbocycles. The first-order valence-corrected chi connectivity index (χ1v) is 9.03. The molecule has 1 aliphatic carbocycles. The molecule has 1 saturated carbocycles. The summed E-state index contributed by atoms with van der Waals surface area (Å²) in [4.78, 5) is 6.83. The molecule has 2 heterocycles. The Balaban J connectivity index is 1.72. The van der Waals surface area contributed by atoms with Crippen molar-refractivity contribution in [3.8, 4) is 0 Å². The molecule has 4 rings (SSSR count). The highest BCUT2D eigenvalue weighted by atomic mass is 16.3. The first kappa shape index (κ1) is 14.9. The monoisotopic (exact) mass is 310 g/mol. The molecule has 3 aliphatic rings. The summed E-state index contributed by atoms with van der Waals surface area (Å²) in [5, 5.41) is 10.8. The summed E-state index contributed by atoms with van der Waals surface area (Å²) >= 11 is 0. The second-order valence-corrected chi connectivity index (χ2v) is 7.26. The second-order valence-electron chi connectivity index (χ2n) is 7.26. The van der Waals surface area contributed by atoms with E-state index in [1.54, 1.807) is 0 Å². The Hall–Kier alpha value is -1.61. The maximum atomic E-state index is 10.8. The van der Waals surface area contributed by atoms with E-state index in [-0.39, 0.29) is 6.10 Å². The molecule has 1 aromatic rings. The summed E-state index contributed by atoms with van der Waals surface area (Å²) in [7, 11) is 0. The standard InChI is InChI=1S/C20H26N2O/c1-14-18-12-21-13-22(14)19(17-10-6-5-9-16(17)18)11-20(23)15-7-3-2-4-8-15/h5-6,9-11,13-15,18,20,23H,2-4,7-8,12H2,1H3/b19-11-. The number of fused-ring (bicyclic) bond motifs is 4. The van der Waals surface area contributed by atoms with Gasteiger partial charge in [0.25, 0.3) is 0 Å². The van der Waals surface area contributed by atoms with Crippen molar-refractivity contribution in [2.45, 2.75) is 57.1 Å². The lowest BCUT2D eigenvalue weighted by molar-refractivity contribution is 0.124. The minimum Gasteiger partial charge on any atom is -0.389 e. The van der Waals surface area contributed by atoms with Crippen molar-refractivity contribution in [3.05, 3.63) is 41.5 Å². The van der Waals surface area contributed by atoms with Crippen LogP contribution in [0.2, 0.25) is 0 Å². The number of hydrogen-bond donors (Lipinski definition) is 1. The van der Waals surface area contributed by atoms with Gasteiger partial charge in [0.1, 0.15) is 0 Å². The molecule has 3 unspecified atom stereocenters. The molecule has 2 bridgehead atoms. The maximum Gasteiger partial charge on any atom is 0.0897 e. The van der Waals surface area contributed by atoms with E-state index in [9.17, 15) is 5.11 Å². The fourth-order valence-electron chi connectivity index (χ4n) is 4.48. The fourth-order valence-corrected chi connectivity index (χ4v) is 4.48. The van der Waals surface area contributed by atoms with Gasteiger partial charge in [-0.05, 0) is 37.3 Å². The first-order valence-electron chi connectivity index (χ1n) is 9.03. The molecular formula is C20H26N2O. The van der Waals surface area contributed by atoms with E-state index >= 15 is 0 Å². The topological polar surface area (TPSA) is 35.8 Å². The van der Waals surface area contributed by atoms with Crippen molar-refractivity contribution < 1.29 is 5.11 Å². The summed E-state index contributed by atoms with van der Waals surface area (Å²) in [5.74, 6) is 0.873. The van der Waals surface area contributed by atoms with Gasteiger partial charge in [0, 0.05) is 29.8 Å². The summed E-state index contributed by atoms with van der Waals surface area (Å²) in [6.45, 7) is 3.14. The van der Waals surface area contributed by atoms with Crippen LogP contribution in [0.1, 0.15) is 56.1 Å². The minimum atomic E-state index is -0.350. The van der Waals surface area contributed by atoms with Crippen LogP contribution in [0, 0.1) is 5.92 Å². The highest BCUT2D eigenvalue weighted by Crippen LogP contribution is 2.41. The van der Waals surface area contributed by atoms with Crippen molar-refractivity contribution in [2.24, 2.45) is 10.9 Å². The van der Waals surface area contributed by atoms with E-state index in [2.05, 4.69) is 47.2 Å². The average molecular weight is 310 g/mol. The van der Waals surface area contributed by atoms with Crippen LogP contribution in [0.15, 0.2) is 35.3 Å². The molecule has 23 heavy (non-hydrogen) atoms. The van der Waals surface area contributed by atoms with E-state index in [0.717, 1.165) is 25.1 Å². The van der Waals surface area contributed by atoms with Gasteiger partial charge in [0.05, 0.1) is 12.4 Å². The van der Waals surface area contributed by atoms with E-state index in [0.29, 0.717) is 17.9 Å². The van der Waals surface area contributed by atoms with Crippen LogP contribution in [-0.4, -0.2) is 35.0 Å². The average Bonchev–Trinajstić information content (AvgIpc) is 2.59. The van der Waals surface area contributed by atoms with Gasteiger partial charge in [-0.1, -0.05) is 43.5 Å². The Morgan fingerprint density at radius 3 is 2.83 bits per heavy atom. The third-order valence-electron chi connectivity index (χ3n) is 5.91. The third-order valence-corrected chi connectivity index (χ3v) is 5.91. The number of aliphatic imine (C=N–C) groups is 1. The van der Waals surface area contributed by atoms with E-state index < -0.39 is 0 Å². The molecule has 1 fully saturated rings. The molecule has 0 saturated heterocycles. The third kappa shape index (κ3) is 2.61. The second kappa shape index (κ2) is 6.12. The van der Waals surface area contributed by atoms with Gasteiger partial charge >= 0.3 is 0 Å². The zero-order valence-electron chi connectivity index (χ0n) is 13.9. The molecule has 1 N–H and O–H groups in total. The summed E-state index contributed by atoms with van der Waals surface area (Å²) in [5.41, 5.74) is 3.80. The van der Waals surface area contributed by atoms with Gasteiger partial charge in [-0.2, -0.15) is 0 Å². The zero-order valence-corrected chi connectivity index (χ0v) is 13.9. The predicted octanol–water partition coefficient (Wildman–Crippen LogP) is 3.80. The molecule has 0 radical (unpaired) electrons. The van der Waals surface area contributed by atoms with Gasteiger partial charge in [-0.15, -0.1) is 0 Å². The minimum absolute atomic E-state index is 0.350. The number of hydrogen-bond acceptors (Lipinski definition) is 3. The fraction of sp³-hybridized carbons (Fsp3) is 0.550. The Bertz CT molecular complexity index is 630. The van der Waals surface area contributed by atoms with Crippen molar-refractivity contribution in [1.82, 2.24) is 4.90 Å². The largest absolute Gasteiger partial charge is 0.389 e. The Kier molecular flexibility index (Phi) is 3.98. The maximum absolute atomic E-state index is 10.8. The van der Waals surface area contributed by atoms with Crippen LogP contribution in [0.3, 0.4) is 0 Å². The molecule has 2 aliphatic heterocycles. The van der Waals surface area contributed by atoms with Crippen molar-refractivity contribution in [2.75, 3.05) is 6.54 Å². The van der Waals surface area contributed by atoms with Crippen LogP contribution >= 0.6 is 0 Å². The number of benzene rings is 1. The first-order chi connectivity index (χ1) is 11.3. The Labute approximate surface area is 138 Å². The van der Waals surface area contributed by atoms with E-state index in [1.165, 1.54) is 30.4 Å². The van der Waals surface area contributed by atoms with Crippen molar-refractivity contribution >= 4 is 12.0 Å². The highest BCUT2D eigenvalue weighted by molar-refractivity contribution is 5.81. The normalized spacial score (nSPS) is 30.3. The summed E-state index contributed by atoms with van der Waals surface area (Å²) < 4.78 is 0. The highest BCUT2D eigenvalue weighted by Gasteiger charge is 2.36. The Morgan fingerprint density at radius 2 is 2.00 bits per heavy atom. The quantitative estimate of drug-likeness (QED) is 0.902. The van der Waals surface area contributed by atoms with Gasteiger partial charge < -0.3 is 10.0 Å². The van der Waals surface area contributed by atoms with Crippen LogP contribution < -0.4 is 0 Å². The summed E-state index contributed by atoms with van der Waals surface area (Å²) in [6.07, 6.45) is 9.85. The molecular weight excluding hydrogens is 284 g/mol. The van der Waals surface area contributed by atoms with E-state index in [4.69, 9.17) is 0 Å². The van der Waals surface area contributed by atoms with Gasteiger partial charge in [-0.3, -0.25) is 4.99 Å². The van der Waals surface area contributed by atoms with Crippen molar-refractivity contribution in [1.29, 1.82) is 0 Å². The number of rotatable bonds is 2. The van der Waals surface area contributed by atoms with Crippen LogP contribution in [0.5, 0.6) is 0 Å². The molecule has 0 spiro atoms. The summed E-state index contributed by atoms with van der Waals surface area (Å²) in [6, 6.07) is 9.06. The van der Waals surface area contributed by atoms with Gasteiger partial charge in [0.2, 0.25) is 0 Å². The predicted molar refractivity (Wildman–Crippen MR) is 94.4 cm³/mol. The lowest BCUT2D eigenvalue weighted by Gasteiger charge is -2.44. The molecule has 122 valence electrons. The lowest BCUT2D eigenvalue weighted by atomic mass is 9.80. The smallest absolute Gasteiger partial charge is 0.0897 e. The molecule has 3 nitrogen and oxygen atoms in total. The number of nitrogens with zero attached hydrogens (tertiary/aromatic N) is 2. The molecule has 3 heteroatoms. The zero-order chi connectivity index (χ0) is 15.8. The lowest BCUT2D eigenvalue weighted by Crippen LogP contribution is -2.44.